The minimum atomic E-state index is -1.21. The lowest BCUT2D eigenvalue weighted by molar-refractivity contribution is -0.117. The molecule has 2 aromatic carbocycles. The maximum Gasteiger partial charge on any atom is 0.294 e. The number of amides is 1. The van der Waals surface area contributed by atoms with Gasteiger partial charge in [0.1, 0.15) is 6.04 Å². The van der Waals surface area contributed by atoms with Crippen LogP contribution in [-0.4, -0.2) is 28.9 Å². The van der Waals surface area contributed by atoms with E-state index in [9.17, 15) is 23.5 Å². The minimum Gasteiger partial charge on any atom is -0.503 e. The van der Waals surface area contributed by atoms with Crippen molar-refractivity contribution >= 4 is 28.3 Å². The number of aliphatic hydroxyl groups is 1. The third-order valence-electron chi connectivity index (χ3n) is 5.55. The first-order valence-electron chi connectivity index (χ1n) is 10.1. The molecule has 3 heterocycles. The number of methoxy groups -OCH3 is 1. The third-order valence-corrected chi connectivity index (χ3v) is 5.55. The molecule has 5 rings (SSSR count). The standard InChI is InChI=1S/C25H16F2N2O5/c1-33-18-7-4-5-13-11-19(34-24(13)18)22(30)20-21(17-6-2-3-10-28-17)29(25(32)23(20)31)14-8-9-15(26)16(27)12-14/h2-12,21,31H,1H3. The molecule has 1 amide bonds. The number of hydrogen-bond acceptors (Lipinski definition) is 6. The van der Waals surface area contributed by atoms with Crippen molar-refractivity contribution in [2.75, 3.05) is 12.0 Å². The molecule has 170 valence electrons. The average Bonchev–Trinajstić information content (AvgIpc) is 3.40. The van der Waals surface area contributed by atoms with E-state index in [1.807, 2.05) is 0 Å². The highest BCUT2D eigenvalue weighted by molar-refractivity contribution is 6.20. The number of fused-ring (bicyclic) bond motifs is 1. The van der Waals surface area contributed by atoms with Crippen molar-refractivity contribution in [1.82, 2.24) is 4.98 Å². The summed E-state index contributed by atoms with van der Waals surface area (Å²) < 4.78 is 38.5. The Labute approximate surface area is 191 Å². The van der Waals surface area contributed by atoms with E-state index in [-0.39, 0.29) is 22.7 Å². The van der Waals surface area contributed by atoms with Gasteiger partial charge in [-0.2, -0.15) is 0 Å². The SMILES string of the molecule is COc1cccc2cc(C(=O)C3=C(O)C(=O)N(c4ccc(F)c(F)c4)C3c3ccccn3)oc12. The molecule has 7 nitrogen and oxygen atoms in total. The normalized spacial score (nSPS) is 15.9. The van der Waals surface area contributed by atoms with E-state index >= 15 is 0 Å². The molecule has 34 heavy (non-hydrogen) atoms. The Morgan fingerprint density at radius 1 is 1.09 bits per heavy atom. The number of halogens is 2. The Hall–Kier alpha value is -4.53. The highest BCUT2D eigenvalue weighted by atomic mass is 19.2. The van der Waals surface area contributed by atoms with Crippen LogP contribution < -0.4 is 9.64 Å². The molecule has 1 unspecified atom stereocenters. The van der Waals surface area contributed by atoms with Gasteiger partial charge in [0.2, 0.25) is 5.78 Å². The number of hydrogen-bond donors (Lipinski definition) is 1. The van der Waals surface area contributed by atoms with Gasteiger partial charge in [-0.3, -0.25) is 19.5 Å². The Morgan fingerprint density at radius 2 is 1.91 bits per heavy atom. The summed E-state index contributed by atoms with van der Waals surface area (Å²) in [7, 11) is 1.46. The number of carbonyl (C=O) groups excluding carboxylic acids is 2. The first kappa shape index (κ1) is 21.3. The van der Waals surface area contributed by atoms with Crippen molar-refractivity contribution in [2.45, 2.75) is 6.04 Å². The zero-order chi connectivity index (χ0) is 24.0. The largest absolute Gasteiger partial charge is 0.503 e. The summed E-state index contributed by atoms with van der Waals surface area (Å²) in [6.07, 6.45) is 1.45. The van der Waals surface area contributed by atoms with E-state index in [4.69, 9.17) is 9.15 Å². The lowest BCUT2D eigenvalue weighted by Gasteiger charge is -2.26. The molecule has 0 aliphatic carbocycles. The number of furan rings is 1. The number of pyridine rings is 1. The summed E-state index contributed by atoms with van der Waals surface area (Å²) in [6.45, 7) is 0. The van der Waals surface area contributed by atoms with Crippen molar-refractivity contribution in [2.24, 2.45) is 0 Å². The summed E-state index contributed by atoms with van der Waals surface area (Å²) >= 11 is 0. The molecule has 0 bridgehead atoms. The van der Waals surface area contributed by atoms with E-state index in [1.165, 1.54) is 25.4 Å². The highest BCUT2D eigenvalue weighted by Crippen LogP contribution is 2.42. The monoisotopic (exact) mass is 462 g/mol. The lowest BCUT2D eigenvalue weighted by Crippen LogP contribution is -2.31. The molecule has 1 N–H and O–H groups in total. The molecule has 1 aliphatic heterocycles. The number of para-hydroxylation sites is 1. The van der Waals surface area contributed by atoms with Gasteiger partial charge in [0.15, 0.2) is 34.5 Å². The van der Waals surface area contributed by atoms with Gasteiger partial charge in [0, 0.05) is 23.3 Å². The molecule has 0 saturated heterocycles. The predicted octanol–water partition coefficient (Wildman–Crippen LogP) is 4.90. The number of rotatable bonds is 5. The van der Waals surface area contributed by atoms with Gasteiger partial charge in [0.05, 0.1) is 18.4 Å². The van der Waals surface area contributed by atoms with Crippen molar-refractivity contribution in [1.29, 1.82) is 0 Å². The lowest BCUT2D eigenvalue weighted by atomic mass is 9.98. The van der Waals surface area contributed by atoms with E-state index in [0.29, 0.717) is 16.7 Å². The van der Waals surface area contributed by atoms with Crippen LogP contribution in [0.15, 0.2) is 82.6 Å². The number of ether oxygens (including phenoxy) is 1. The Kier molecular flexibility index (Phi) is 5.09. The molecule has 0 radical (unpaired) electrons. The Morgan fingerprint density at radius 3 is 2.62 bits per heavy atom. The Balaban J connectivity index is 1.66. The summed E-state index contributed by atoms with van der Waals surface area (Å²) in [5.74, 6) is -4.58. The summed E-state index contributed by atoms with van der Waals surface area (Å²) in [6, 6.07) is 13.1. The van der Waals surface area contributed by atoms with Crippen LogP contribution in [-0.2, 0) is 4.79 Å². The van der Waals surface area contributed by atoms with Crippen molar-refractivity contribution in [3.63, 3.8) is 0 Å². The number of benzene rings is 2. The minimum absolute atomic E-state index is 0.0554. The zero-order valence-electron chi connectivity index (χ0n) is 17.7. The van der Waals surface area contributed by atoms with Gasteiger partial charge in [-0.1, -0.05) is 18.2 Å². The first-order chi connectivity index (χ1) is 16.4. The molecule has 1 atom stereocenters. The van der Waals surface area contributed by atoms with Gasteiger partial charge >= 0.3 is 0 Å². The van der Waals surface area contributed by atoms with Crippen LogP contribution in [0.5, 0.6) is 5.75 Å². The quantitative estimate of drug-likeness (QED) is 0.424. The summed E-state index contributed by atoms with van der Waals surface area (Å²) in [4.78, 5) is 31.9. The molecule has 9 heteroatoms. The molecule has 0 spiro atoms. The van der Waals surface area contributed by atoms with Gasteiger partial charge in [0.25, 0.3) is 5.91 Å². The fourth-order valence-corrected chi connectivity index (χ4v) is 4.00. The van der Waals surface area contributed by atoms with Crippen molar-refractivity contribution in [3.05, 3.63) is 101 Å². The number of nitrogens with zero attached hydrogens (tertiary/aromatic N) is 2. The van der Waals surface area contributed by atoms with E-state index in [0.717, 1.165) is 17.0 Å². The van der Waals surface area contributed by atoms with Crippen molar-refractivity contribution < 1.29 is 32.6 Å². The fourth-order valence-electron chi connectivity index (χ4n) is 4.00. The molecular formula is C25H16F2N2O5. The van der Waals surface area contributed by atoms with Crippen LogP contribution in [0.25, 0.3) is 11.0 Å². The third kappa shape index (κ3) is 3.29. The van der Waals surface area contributed by atoms with Gasteiger partial charge in [-0.15, -0.1) is 0 Å². The second kappa shape index (κ2) is 8.11. The van der Waals surface area contributed by atoms with Crippen LogP contribution in [0.1, 0.15) is 22.3 Å². The van der Waals surface area contributed by atoms with Crippen LogP contribution in [0.2, 0.25) is 0 Å². The molecule has 4 aromatic rings. The predicted molar refractivity (Wildman–Crippen MR) is 118 cm³/mol. The van der Waals surface area contributed by atoms with Crippen LogP contribution in [0.3, 0.4) is 0 Å². The smallest absolute Gasteiger partial charge is 0.294 e. The van der Waals surface area contributed by atoms with Crippen LogP contribution in [0, 0.1) is 11.6 Å². The fraction of sp³-hybridized carbons (Fsp3) is 0.0800. The number of aromatic nitrogens is 1. The molecular weight excluding hydrogens is 446 g/mol. The van der Waals surface area contributed by atoms with Crippen LogP contribution >= 0.6 is 0 Å². The topological polar surface area (TPSA) is 92.9 Å². The van der Waals surface area contributed by atoms with E-state index in [2.05, 4.69) is 4.98 Å². The van der Waals surface area contributed by atoms with Gasteiger partial charge in [-0.25, -0.2) is 8.78 Å². The number of ketones is 1. The van der Waals surface area contributed by atoms with E-state index in [1.54, 1.807) is 36.4 Å². The maximum atomic E-state index is 14.0. The number of Topliss-reactive ketones (excluding diaryl/α,β-unsaturated/α-hetero) is 1. The number of aliphatic hydroxyl groups excluding tert-OH is 1. The van der Waals surface area contributed by atoms with Gasteiger partial charge < -0.3 is 14.3 Å². The molecule has 0 fully saturated rings. The van der Waals surface area contributed by atoms with E-state index < -0.39 is 35.1 Å². The maximum absolute atomic E-state index is 14.0. The van der Waals surface area contributed by atoms with Crippen molar-refractivity contribution in [3.8, 4) is 5.75 Å². The number of carbonyl (C=O) groups is 2. The summed E-state index contributed by atoms with van der Waals surface area (Å²) in [5, 5.41) is 11.3. The first-order valence-corrected chi connectivity index (χ1v) is 10.1. The average molecular weight is 462 g/mol. The zero-order valence-corrected chi connectivity index (χ0v) is 17.7. The molecule has 1 aliphatic rings. The number of anilines is 1. The molecule has 0 saturated carbocycles. The summed E-state index contributed by atoms with van der Waals surface area (Å²) in [5.41, 5.74) is 0.206. The molecule has 2 aromatic heterocycles. The second-order valence-electron chi connectivity index (χ2n) is 7.51. The second-order valence-corrected chi connectivity index (χ2v) is 7.51. The van der Waals surface area contributed by atoms with Crippen LogP contribution in [0.4, 0.5) is 14.5 Å². The Bertz CT molecular complexity index is 1480. The van der Waals surface area contributed by atoms with Gasteiger partial charge in [-0.05, 0) is 36.4 Å². The highest BCUT2D eigenvalue weighted by Gasteiger charge is 2.46.